The van der Waals surface area contributed by atoms with Crippen molar-refractivity contribution in [3.63, 3.8) is 0 Å². The van der Waals surface area contributed by atoms with Gasteiger partial charge in [-0.25, -0.2) is 0 Å². The highest BCUT2D eigenvalue weighted by Gasteiger charge is 2.10. The lowest BCUT2D eigenvalue weighted by atomic mass is 9.93. The number of benzene rings is 1. The van der Waals surface area contributed by atoms with Crippen molar-refractivity contribution in [1.29, 1.82) is 0 Å². The minimum absolute atomic E-state index is 0.607. The molecule has 0 aliphatic heterocycles. The van der Waals surface area contributed by atoms with Gasteiger partial charge >= 0.3 is 0 Å². The van der Waals surface area contributed by atoms with E-state index in [9.17, 15) is 0 Å². The second-order valence-electron chi connectivity index (χ2n) is 5.09. The van der Waals surface area contributed by atoms with Crippen LogP contribution in [-0.2, 0) is 6.42 Å². The molecule has 0 radical (unpaired) electrons. The molecule has 0 spiro atoms. The Morgan fingerprint density at radius 3 is 2.59 bits per heavy atom. The van der Waals surface area contributed by atoms with Gasteiger partial charge in [-0.3, -0.25) is 0 Å². The highest BCUT2D eigenvalue weighted by molar-refractivity contribution is 5.26. The Morgan fingerprint density at radius 1 is 1.18 bits per heavy atom. The second kappa shape index (κ2) is 7.50. The summed E-state index contributed by atoms with van der Waals surface area (Å²) in [6.45, 7) is 10.2. The van der Waals surface area contributed by atoms with E-state index in [2.05, 4.69) is 57.3 Å². The maximum Gasteiger partial charge on any atom is 0.00444 e. The number of hydrogen-bond donors (Lipinski definition) is 1. The first kappa shape index (κ1) is 14.2. The molecular formula is C16H27N. The van der Waals surface area contributed by atoms with Crippen molar-refractivity contribution in [2.75, 3.05) is 6.54 Å². The largest absolute Gasteiger partial charge is 0.314 e. The molecule has 96 valence electrons. The Kier molecular flexibility index (Phi) is 6.28. The molecule has 1 N–H and O–H groups in total. The van der Waals surface area contributed by atoms with E-state index >= 15 is 0 Å². The molecule has 1 aromatic carbocycles. The van der Waals surface area contributed by atoms with Gasteiger partial charge in [0.2, 0.25) is 0 Å². The lowest BCUT2D eigenvalue weighted by molar-refractivity contribution is 0.479. The lowest BCUT2D eigenvalue weighted by Crippen LogP contribution is -2.28. The van der Waals surface area contributed by atoms with E-state index in [0.717, 1.165) is 13.0 Å². The van der Waals surface area contributed by atoms with Crippen LogP contribution in [0.1, 0.15) is 57.6 Å². The molecule has 1 heteroatoms. The first-order valence-electron chi connectivity index (χ1n) is 6.99. The molecule has 0 heterocycles. The van der Waals surface area contributed by atoms with Crippen LogP contribution in [0.5, 0.6) is 0 Å². The van der Waals surface area contributed by atoms with E-state index in [1.807, 2.05) is 0 Å². The topological polar surface area (TPSA) is 12.0 Å². The van der Waals surface area contributed by atoms with Crippen LogP contribution >= 0.6 is 0 Å². The molecule has 2 atom stereocenters. The normalized spacial score (nSPS) is 14.6. The maximum absolute atomic E-state index is 3.56. The monoisotopic (exact) mass is 233 g/mol. The van der Waals surface area contributed by atoms with E-state index in [4.69, 9.17) is 0 Å². The first-order chi connectivity index (χ1) is 8.17. The lowest BCUT2D eigenvalue weighted by Gasteiger charge is -2.19. The van der Waals surface area contributed by atoms with Gasteiger partial charge in [0.15, 0.2) is 0 Å². The summed E-state index contributed by atoms with van der Waals surface area (Å²) in [5.74, 6) is 0.640. The van der Waals surface area contributed by atoms with Crippen LogP contribution in [0.25, 0.3) is 0 Å². The third-order valence-corrected chi connectivity index (χ3v) is 3.38. The van der Waals surface area contributed by atoms with Gasteiger partial charge in [0.25, 0.3) is 0 Å². The van der Waals surface area contributed by atoms with Gasteiger partial charge in [0.1, 0.15) is 0 Å². The Hall–Kier alpha value is -0.820. The fraction of sp³-hybridized carbons (Fsp3) is 0.625. The van der Waals surface area contributed by atoms with Crippen molar-refractivity contribution in [1.82, 2.24) is 5.32 Å². The standard InChI is InChI=1S/C16H27N/c1-5-10-17-14(4)11-13(3)16-9-7-8-15(6-2)12-16/h7-9,12-14,17H,5-6,10-11H2,1-4H3. The van der Waals surface area contributed by atoms with Crippen molar-refractivity contribution in [2.24, 2.45) is 0 Å². The third kappa shape index (κ3) is 4.91. The SMILES string of the molecule is CCCNC(C)CC(C)c1cccc(CC)c1. The third-order valence-electron chi connectivity index (χ3n) is 3.38. The zero-order valence-corrected chi connectivity index (χ0v) is 11.8. The number of rotatable bonds is 7. The maximum atomic E-state index is 3.56. The Morgan fingerprint density at radius 2 is 1.94 bits per heavy atom. The summed E-state index contributed by atoms with van der Waals surface area (Å²) < 4.78 is 0. The molecule has 0 saturated heterocycles. The average Bonchev–Trinajstić information content (AvgIpc) is 2.36. The Balaban J connectivity index is 2.53. The van der Waals surface area contributed by atoms with Gasteiger partial charge in [-0.2, -0.15) is 0 Å². The summed E-state index contributed by atoms with van der Waals surface area (Å²) in [6.07, 6.45) is 3.56. The van der Waals surface area contributed by atoms with E-state index in [-0.39, 0.29) is 0 Å². The Labute approximate surface area is 107 Å². The van der Waals surface area contributed by atoms with Gasteiger partial charge in [0.05, 0.1) is 0 Å². The molecular weight excluding hydrogens is 206 g/mol. The van der Waals surface area contributed by atoms with Gasteiger partial charge in [-0.05, 0) is 49.8 Å². The van der Waals surface area contributed by atoms with Crippen LogP contribution < -0.4 is 5.32 Å². The summed E-state index contributed by atoms with van der Waals surface area (Å²) in [7, 11) is 0. The molecule has 1 aromatic rings. The molecule has 0 aliphatic carbocycles. The number of aryl methyl sites for hydroxylation is 1. The average molecular weight is 233 g/mol. The molecule has 0 saturated carbocycles. The fourth-order valence-corrected chi connectivity index (χ4v) is 2.26. The number of hydrogen-bond acceptors (Lipinski definition) is 1. The highest BCUT2D eigenvalue weighted by Crippen LogP contribution is 2.21. The predicted molar refractivity (Wildman–Crippen MR) is 76.6 cm³/mol. The summed E-state index contributed by atoms with van der Waals surface area (Å²) >= 11 is 0. The van der Waals surface area contributed by atoms with Gasteiger partial charge < -0.3 is 5.32 Å². The van der Waals surface area contributed by atoms with Gasteiger partial charge in [0, 0.05) is 6.04 Å². The van der Waals surface area contributed by atoms with Crippen LogP contribution in [0, 0.1) is 0 Å². The molecule has 1 rings (SSSR count). The molecule has 2 unspecified atom stereocenters. The van der Waals surface area contributed by atoms with E-state index in [1.54, 1.807) is 0 Å². The highest BCUT2D eigenvalue weighted by atomic mass is 14.9. The molecule has 0 aromatic heterocycles. The van der Waals surface area contributed by atoms with Gasteiger partial charge in [-0.15, -0.1) is 0 Å². The van der Waals surface area contributed by atoms with Crippen LogP contribution in [-0.4, -0.2) is 12.6 Å². The second-order valence-corrected chi connectivity index (χ2v) is 5.09. The Bertz CT molecular complexity index is 319. The molecule has 1 nitrogen and oxygen atoms in total. The van der Waals surface area contributed by atoms with Crippen molar-refractivity contribution < 1.29 is 0 Å². The van der Waals surface area contributed by atoms with E-state index in [1.165, 1.54) is 24.0 Å². The summed E-state index contributed by atoms with van der Waals surface area (Å²) in [5, 5.41) is 3.56. The van der Waals surface area contributed by atoms with Gasteiger partial charge in [-0.1, -0.05) is 45.0 Å². The molecule has 0 aliphatic rings. The zero-order valence-electron chi connectivity index (χ0n) is 11.8. The molecule has 0 fully saturated rings. The smallest absolute Gasteiger partial charge is 0.00444 e. The van der Waals surface area contributed by atoms with Crippen molar-refractivity contribution in [3.8, 4) is 0 Å². The van der Waals surface area contributed by atoms with Crippen LogP contribution in [0.2, 0.25) is 0 Å². The zero-order chi connectivity index (χ0) is 12.7. The van der Waals surface area contributed by atoms with Crippen molar-refractivity contribution in [2.45, 2.75) is 58.9 Å². The number of nitrogens with one attached hydrogen (secondary N) is 1. The van der Waals surface area contributed by atoms with E-state index in [0.29, 0.717) is 12.0 Å². The summed E-state index contributed by atoms with van der Waals surface area (Å²) in [5.41, 5.74) is 2.93. The minimum Gasteiger partial charge on any atom is -0.314 e. The fourth-order valence-electron chi connectivity index (χ4n) is 2.26. The van der Waals surface area contributed by atoms with Crippen molar-refractivity contribution in [3.05, 3.63) is 35.4 Å². The molecule has 17 heavy (non-hydrogen) atoms. The van der Waals surface area contributed by atoms with E-state index < -0.39 is 0 Å². The minimum atomic E-state index is 0.607. The molecule has 0 amide bonds. The summed E-state index contributed by atoms with van der Waals surface area (Å²) in [6, 6.07) is 9.63. The van der Waals surface area contributed by atoms with Crippen molar-refractivity contribution >= 4 is 0 Å². The van der Waals surface area contributed by atoms with Crippen LogP contribution in [0.4, 0.5) is 0 Å². The predicted octanol–water partition coefficient (Wildman–Crippen LogP) is 4.13. The van der Waals surface area contributed by atoms with Crippen LogP contribution in [0.15, 0.2) is 24.3 Å². The first-order valence-corrected chi connectivity index (χ1v) is 6.99. The summed E-state index contributed by atoms with van der Waals surface area (Å²) in [4.78, 5) is 0. The van der Waals surface area contributed by atoms with Crippen LogP contribution in [0.3, 0.4) is 0 Å². The molecule has 0 bridgehead atoms. The quantitative estimate of drug-likeness (QED) is 0.746.